The van der Waals surface area contributed by atoms with E-state index in [0.29, 0.717) is 5.92 Å². The molecule has 10 heavy (non-hydrogen) atoms. The van der Waals surface area contributed by atoms with Crippen molar-refractivity contribution < 1.29 is 5.02 Å². The van der Waals surface area contributed by atoms with Crippen LogP contribution < -0.4 is 0 Å². The fraction of sp³-hybridized carbons (Fsp3) is 0.286. The van der Waals surface area contributed by atoms with Crippen LogP contribution in [0.15, 0.2) is 28.8 Å². The molecule has 1 N–H and O–H groups in total. The third-order valence-corrected chi connectivity index (χ3v) is 1.29. The molecule has 1 aliphatic rings. The fourth-order valence-electron chi connectivity index (χ4n) is 0.697. The van der Waals surface area contributed by atoms with Crippen molar-refractivity contribution in [2.75, 3.05) is 0 Å². The maximum Gasteiger partial charge on any atom is 0.328 e. The molecular formula is C7H9BNO. The van der Waals surface area contributed by atoms with Gasteiger partial charge in [0.15, 0.2) is 0 Å². The van der Waals surface area contributed by atoms with Gasteiger partial charge in [-0.25, -0.2) is 0 Å². The number of aliphatic imine (C=N–C) groups is 1. The Labute approximate surface area is 61.3 Å². The average molecular weight is 134 g/mol. The Hall–Kier alpha value is -0.825. The highest BCUT2D eigenvalue weighted by molar-refractivity contribution is 6.37. The molecule has 1 unspecified atom stereocenters. The van der Waals surface area contributed by atoms with E-state index in [1.165, 1.54) is 0 Å². The number of allylic oxidation sites excluding steroid dienone is 3. The zero-order valence-electron chi connectivity index (χ0n) is 5.86. The van der Waals surface area contributed by atoms with Gasteiger partial charge in [0.2, 0.25) is 0 Å². The number of nitrogens with zero attached hydrogens (tertiary/aromatic N) is 1. The quantitative estimate of drug-likeness (QED) is 0.526. The first-order chi connectivity index (χ1) is 4.83. The van der Waals surface area contributed by atoms with Gasteiger partial charge in [-0.15, -0.1) is 0 Å². The van der Waals surface area contributed by atoms with Crippen LogP contribution in [0.1, 0.15) is 6.92 Å². The zero-order chi connectivity index (χ0) is 7.40. The van der Waals surface area contributed by atoms with E-state index in [1.807, 2.05) is 25.3 Å². The summed E-state index contributed by atoms with van der Waals surface area (Å²) in [5.74, 6) is 0.355. The lowest BCUT2D eigenvalue weighted by Crippen LogP contribution is -1.90. The maximum absolute atomic E-state index is 8.58. The van der Waals surface area contributed by atoms with Crippen LogP contribution in [0.5, 0.6) is 0 Å². The molecule has 2 nitrogen and oxygen atoms in total. The standard InChI is InChI=1S/C7H9BNO/c1-6-2-3-7(8-10)5-9-4-6/h2-6,10H,1H3. The second-order valence-electron chi connectivity index (χ2n) is 2.27. The molecule has 1 atom stereocenters. The van der Waals surface area contributed by atoms with Crippen molar-refractivity contribution in [3.8, 4) is 0 Å². The monoisotopic (exact) mass is 134 g/mol. The second-order valence-corrected chi connectivity index (χ2v) is 2.27. The summed E-state index contributed by atoms with van der Waals surface area (Å²) in [5, 5.41) is 8.58. The average Bonchev–Trinajstić information content (AvgIpc) is 2.14. The molecule has 1 aliphatic heterocycles. The zero-order valence-corrected chi connectivity index (χ0v) is 5.86. The van der Waals surface area contributed by atoms with Gasteiger partial charge in [0.1, 0.15) is 0 Å². The summed E-state index contributed by atoms with van der Waals surface area (Å²) in [7, 11) is 1.05. The topological polar surface area (TPSA) is 32.6 Å². The molecule has 0 bridgehead atoms. The fourth-order valence-corrected chi connectivity index (χ4v) is 0.697. The lowest BCUT2D eigenvalue weighted by molar-refractivity contribution is 0.612. The van der Waals surface area contributed by atoms with Gasteiger partial charge in [-0.3, -0.25) is 4.99 Å². The van der Waals surface area contributed by atoms with Crippen LogP contribution in [0, 0.1) is 5.92 Å². The van der Waals surface area contributed by atoms with Crippen molar-refractivity contribution in [2.45, 2.75) is 6.92 Å². The number of hydrogen-bond donors (Lipinski definition) is 1. The molecular weight excluding hydrogens is 125 g/mol. The summed E-state index contributed by atoms with van der Waals surface area (Å²) in [5.41, 5.74) is 0.737. The summed E-state index contributed by atoms with van der Waals surface area (Å²) in [4.78, 5) is 3.96. The smallest absolute Gasteiger partial charge is 0.328 e. The van der Waals surface area contributed by atoms with E-state index < -0.39 is 0 Å². The first-order valence-electron chi connectivity index (χ1n) is 3.22. The molecule has 0 spiro atoms. The normalized spacial score (nSPS) is 23.8. The van der Waals surface area contributed by atoms with Crippen LogP contribution in [0.4, 0.5) is 0 Å². The molecule has 0 aromatic rings. The molecule has 1 radical (unpaired) electrons. The van der Waals surface area contributed by atoms with E-state index in [1.54, 1.807) is 6.20 Å². The molecule has 51 valence electrons. The third kappa shape index (κ3) is 1.85. The summed E-state index contributed by atoms with van der Waals surface area (Å²) in [6.07, 6.45) is 7.28. The van der Waals surface area contributed by atoms with Gasteiger partial charge in [-0.2, -0.15) is 0 Å². The molecule has 0 saturated carbocycles. The van der Waals surface area contributed by atoms with Crippen LogP contribution in [0.3, 0.4) is 0 Å². The Bertz CT molecular complexity index is 196. The second kappa shape index (κ2) is 3.37. The predicted molar refractivity (Wildman–Crippen MR) is 42.9 cm³/mol. The van der Waals surface area contributed by atoms with E-state index in [2.05, 4.69) is 4.99 Å². The maximum atomic E-state index is 8.58. The summed E-state index contributed by atoms with van der Waals surface area (Å²) in [6, 6.07) is 0. The Morgan fingerprint density at radius 3 is 3.20 bits per heavy atom. The first kappa shape index (κ1) is 7.28. The Morgan fingerprint density at radius 1 is 1.70 bits per heavy atom. The third-order valence-electron chi connectivity index (χ3n) is 1.29. The van der Waals surface area contributed by atoms with Crippen molar-refractivity contribution >= 4 is 13.7 Å². The predicted octanol–water partition coefficient (Wildman–Crippen LogP) is 0.716. The Balaban J connectivity index is 2.71. The lowest BCUT2D eigenvalue weighted by atomic mass is 9.88. The van der Waals surface area contributed by atoms with E-state index in [4.69, 9.17) is 5.02 Å². The highest BCUT2D eigenvalue weighted by Gasteiger charge is 1.97. The van der Waals surface area contributed by atoms with Crippen LogP contribution in [0.2, 0.25) is 0 Å². The van der Waals surface area contributed by atoms with Crippen LogP contribution in [-0.2, 0) is 0 Å². The molecule has 1 rings (SSSR count). The van der Waals surface area contributed by atoms with Gasteiger partial charge in [-0.1, -0.05) is 19.1 Å². The van der Waals surface area contributed by atoms with E-state index in [9.17, 15) is 0 Å². The van der Waals surface area contributed by atoms with Gasteiger partial charge in [0.05, 0.1) is 0 Å². The van der Waals surface area contributed by atoms with Crippen molar-refractivity contribution in [3.63, 3.8) is 0 Å². The lowest BCUT2D eigenvalue weighted by Gasteiger charge is -1.90. The van der Waals surface area contributed by atoms with Crippen molar-refractivity contribution in [2.24, 2.45) is 10.9 Å². The number of hydrogen-bond acceptors (Lipinski definition) is 2. The highest BCUT2D eigenvalue weighted by atomic mass is 16.2. The van der Waals surface area contributed by atoms with Gasteiger partial charge in [0.25, 0.3) is 0 Å². The molecule has 0 saturated heterocycles. The van der Waals surface area contributed by atoms with E-state index in [0.717, 1.165) is 13.0 Å². The minimum absolute atomic E-state index is 0.355. The summed E-state index contributed by atoms with van der Waals surface area (Å²) in [6.45, 7) is 2.04. The van der Waals surface area contributed by atoms with Crippen molar-refractivity contribution in [1.82, 2.24) is 0 Å². The first-order valence-corrected chi connectivity index (χ1v) is 3.22. The molecule has 3 heteroatoms. The summed E-state index contributed by atoms with van der Waals surface area (Å²) >= 11 is 0. The molecule has 0 fully saturated rings. The van der Waals surface area contributed by atoms with Crippen LogP contribution in [0.25, 0.3) is 0 Å². The largest absolute Gasteiger partial charge is 0.450 e. The molecule has 0 aliphatic carbocycles. The van der Waals surface area contributed by atoms with E-state index >= 15 is 0 Å². The molecule has 0 aromatic heterocycles. The van der Waals surface area contributed by atoms with Crippen molar-refractivity contribution in [1.29, 1.82) is 0 Å². The minimum atomic E-state index is 0.355. The molecule has 0 amide bonds. The Kier molecular flexibility index (Phi) is 2.45. The van der Waals surface area contributed by atoms with Crippen LogP contribution in [-0.4, -0.2) is 18.7 Å². The molecule has 1 heterocycles. The Morgan fingerprint density at radius 2 is 2.50 bits per heavy atom. The van der Waals surface area contributed by atoms with Crippen LogP contribution >= 0.6 is 0 Å². The van der Waals surface area contributed by atoms with Gasteiger partial charge >= 0.3 is 7.48 Å². The van der Waals surface area contributed by atoms with Gasteiger partial charge in [0, 0.05) is 18.3 Å². The molecule has 0 aromatic carbocycles. The SMILES string of the molecule is CC1C=CC([B]O)=CN=C1. The number of rotatable bonds is 1. The summed E-state index contributed by atoms with van der Waals surface area (Å²) < 4.78 is 0. The van der Waals surface area contributed by atoms with Crippen molar-refractivity contribution in [3.05, 3.63) is 23.8 Å². The van der Waals surface area contributed by atoms with Gasteiger partial charge in [-0.05, 0) is 5.47 Å². The highest BCUT2D eigenvalue weighted by Crippen LogP contribution is 2.03. The van der Waals surface area contributed by atoms with E-state index in [-0.39, 0.29) is 0 Å². The van der Waals surface area contributed by atoms with Gasteiger partial charge < -0.3 is 5.02 Å². The minimum Gasteiger partial charge on any atom is -0.450 e.